The van der Waals surface area contributed by atoms with Gasteiger partial charge in [-0.3, -0.25) is 9.80 Å². The van der Waals surface area contributed by atoms with Crippen LogP contribution in [0.15, 0.2) is 71.3 Å². The Balaban J connectivity index is 0.981. The molecule has 1 fully saturated rings. The minimum atomic E-state index is -0.543. The fourth-order valence-corrected chi connectivity index (χ4v) is 5.78. The van der Waals surface area contributed by atoms with Crippen LogP contribution in [-0.2, 0) is 6.54 Å². The van der Waals surface area contributed by atoms with Gasteiger partial charge in [0.15, 0.2) is 5.76 Å². The summed E-state index contributed by atoms with van der Waals surface area (Å²) in [5.74, 6) is 1.55. The molecule has 0 aliphatic carbocycles. The summed E-state index contributed by atoms with van der Waals surface area (Å²) in [6.45, 7) is 7.26. The number of fused-ring (bicyclic) bond motifs is 2. The van der Waals surface area contributed by atoms with Crippen LogP contribution in [0.4, 0.5) is 0 Å². The molecule has 0 amide bonds. The van der Waals surface area contributed by atoms with Crippen molar-refractivity contribution in [3.05, 3.63) is 77.4 Å². The molecule has 1 saturated heterocycles. The van der Waals surface area contributed by atoms with Gasteiger partial charge >= 0.3 is 0 Å². The molecule has 2 aromatic heterocycles. The van der Waals surface area contributed by atoms with Crippen molar-refractivity contribution in [2.24, 2.45) is 0 Å². The molecule has 6 rings (SSSR count). The lowest BCUT2D eigenvalue weighted by atomic mass is 10.0. The fraction of sp³-hybridized carbons (Fsp3) is 0.310. The van der Waals surface area contributed by atoms with E-state index in [0.29, 0.717) is 6.54 Å². The quantitative estimate of drug-likeness (QED) is 0.313. The molecule has 3 aromatic carbocycles. The van der Waals surface area contributed by atoms with E-state index in [1.807, 2.05) is 37.3 Å². The first-order valence-corrected chi connectivity index (χ1v) is 13.5. The smallest absolute Gasteiger partial charge is 0.167 e. The first-order valence-electron chi connectivity index (χ1n) is 12.7. The van der Waals surface area contributed by atoms with Crippen molar-refractivity contribution < 1.29 is 14.4 Å². The topological polar surface area (TPSA) is 74.9 Å². The van der Waals surface area contributed by atoms with Crippen molar-refractivity contribution in [2.45, 2.75) is 19.6 Å². The van der Waals surface area contributed by atoms with Crippen LogP contribution in [0.1, 0.15) is 10.7 Å². The third-order valence-corrected chi connectivity index (χ3v) is 7.79. The molecule has 1 aliphatic rings. The Hall–Kier alpha value is -3.30. The zero-order chi connectivity index (χ0) is 25.2. The molecule has 190 valence electrons. The highest BCUT2D eigenvalue weighted by Gasteiger charge is 2.21. The second kappa shape index (κ2) is 10.6. The van der Waals surface area contributed by atoms with Crippen LogP contribution < -0.4 is 4.74 Å². The minimum Gasteiger partial charge on any atom is -0.491 e. The van der Waals surface area contributed by atoms with E-state index < -0.39 is 6.10 Å². The lowest BCUT2D eigenvalue weighted by Gasteiger charge is -2.35. The van der Waals surface area contributed by atoms with E-state index >= 15 is 0 Å². The maximum Gasteiger partial charge on any atom is 0.167 e. The third-order valence-electron chi connectivity index (χ3n) is 6.84. The number of ether oxygens (including phenoxy) is 1. The molecule has 8 heteroatoms. The highest BCUT2D eigenvalue weighted by atomic mass is 32.1. The molecule has 0 spiro atoms. The number of aryl methyl sites for hydroxylation is 1. The van der Waals surface area contributed by atoms with Crippen LogP contribution in [0.5, 0.6) is 5.75 Å². The number of β-amino-alcohol motifs (C(OH)–C–C–N with tert-alkyl or cyclic N) is 1. The molecule has 1 atom stereocenters. The SMILES string of the molecule is Cc1nc2cc(OCC(O)CN3CCN(Cc4cc(-c5cccc6ccccc56)on4)CC3)ccc2s1. The van der Waals surface area contributed by atoms with Crippen LogP contribution in [0.25, 0.3) is 32.3 Å². The van der Waals surface area contributed by atoms with Crippen LogP contribution in [0.3, 0.4) is 0 Å². The summed E-state index contributed by atoms with van der Waals surface area (Å²) in [5, 5.41) is 18.3. The standard InChI is InChI=1S/C29H30N4O3S/c1-20-30-27-16-24(9-10-29(27)37-20)35-19-23(34)18-33-13-11-32(12-14-33)17-22-15-28(36-31-22)26-8-4-6-21-5-2-3-7-25(21)26/h2-10,15-16,23,34H,11-14,17-19H2,1H3. The molecular weight excluding hydrogens is 484 g/mol. The number of aliphatic hydroxyl groups is 1. The summed E-state index contributed by atoms with van der Waals surface area (Å²) in [4.78, 5) is 9.19. The predicted octanol–water partition coefficient (Wildman–Crippen LogP) is 4.97. The van der Waals surface area contributed by atoms with Crippen LogP contribution >= 0.6 is 11.3 Å². The van der Waals surface area contributed by atoms with Crippen molar-refractivity contribution in [1.82, 2.24) is 19.9 Å². The van der Waals surface area contributed by atoms with Gasteiger partial charge in [0.25, 0.3) is 0 Å². The summed E-state index contributed by atoms with van der Waals surface area (Å²) < 4.78 is 12.7. The van der Waals surface area contributed by atoms with Crippen molar-refractivity contribution in [3.63, 3.8) is 0 Å². The molecule has 1 N–H and O–H groups in total. The maximum absolute atomic E-state index is 10.6. The maximum atomic E-state index is 10.6. The number of rotatable bonds is 8. The lowest BCUT2D eigenvalue weighted by molar-refractivity contribution is 0.0442. The Morgan fingerprint density at radius 2 is 1.81 bits per heavy atom. The molecular formula is C29H30N4O3S. The van der Waals surface area contributed by atoms with Crippen molar-refractivity contribution in [2.75, 3.05) is 39.3 Å². The van der Waals surface area contributed by atoms with Crippen molar-refractivity contribution in [3.8, 4) is 17.1 Å². The fourth-order valence-electron chi connectivity index (χ4n) is 4.97. The van der Waals surface area contributed by atoms with Gasteiger partial charge in [-0.05, 0) is 29.8 Å². The molecule has 0 saturated carbocycles. The van der Waals surface area contributed by atoms with E-state index in [9.17, 15) is 5.11 Å². The molecule has 5 aromatic rings. The molecule has 0 bridgehead atoms. The first-order chi connectivity index (χ1) is 18.1. The second-order valence-corrected chi connectivity index (χ2v) is 10.8. The number of nitrogens with zero attached hydrogens (tertiary/aromatic N) is 4. The van der Waals surface area contributed by atoms with Crippen LogP contribution in [0, 0.1) is 6.92 Å². The van der Waals surface area contributed by atoms with E-state index in [4.69, 9.17) is 9.26 Å². The molecule has 7 nitrogen and oxygen atoms in total. The van der Waals surface area contributed by atoms with E-state index in [2.05, 4.69) is 56.3 Å². The zero-order valence-electron chi connectivity index (χ0n) is 20.8. The monoisotopic (exact) mass is 514 g/mol. The summed E-state index contributed by atoms with van der Waals surface area (Å²) >= 11 is 1.67. The Morgan fingerprint density at radius 3 is 2.70 bits per heavy atom. The highest BCUT2D eigenvalue weighted by molar-refractivity contribution is 7.18. The number of hydrogen-bond donors (Lipinski definition) is 1. The number of hydrogen-bond acceptors (Lipinski definition) is 8. The lowest BCUT2D eigenvalue weighted by Crippen LogP contribution is -2.48. The molecule has 0 radical (unpaired) electrons. The van der Waals surface area contributed by atoms with Gasteiger partial charge in [0.2, 0.25) is 0 Å². The van der Waals surface area contributed by atoms with E-state index in [1.165, 1.54) is 10.8 Å². The highest BCUT2D eigenvalue weighted by Crippen LogP contribution is 2.29. The molecule has 1 unspecified atom stereocenters. The molecule has 1 aliphatic heterocycles. The summed E-state index contributed by atoms with van der Waals surface area (Å²) in [7, 11) is 0. The van der Waals surface area contributed by atoms with Gasteiger partial charge in [0.1, 0.15) is 18.5 Å². The van der Waals surface area contributed by atoms with Crippen LogP contribution in [-0.4, -0.2) is 70.5 Å². The van der Waals surface area contributed by atoms with E-state index in [0.717, 1.165) is 70.7 Å². The van der Waals surface area contributed by atoms with Crippen LogP contribution in [0.2, 0.25) is 0 Å². The van der Waals surface area contributed by atoms with Gasteiger partial charge in [-0.2, -0.15) is 0 Å². The van der Waals surface area contributed by atoms with E-state index in [-0.39, 0.29) is 6.61 Å². The van der Waals surface area contributed by atoms with E-state index in [1.54, 1.807) is 11.3 Å². The second-order valence-electron chi connectivity index (χ2n) is 9.61. The van der Waals surface area contributed by atoms with Crippen molar-refractivity contribution in [1.29, 1.82) is 0 Å². The number of aromatic nitrogens is 2. The largest absolute Gasteiger partial charge is 0.491 e. The number of aliphatic hydroxyl groups excluding tert-OH is 1. The Kier molecular flexibility index (Phi) is 6.89. The van der Waals surface area contributed by atoms with Gasteiger partial charge in [-0.15, -0.1) is 11.3 Å². The summed E-state index contributed by atoms with van der Waals surface area (Å²) in [6, 6.07) is 22.5. The minimum absolute atomic E-state index is 0.269. The number of thiazole rings is 1. The normalized spacial score (nSPS) is 15.9. The first kappa shape index (κ1) is 24.1. The zero-order valence-corrected chi connectivity index (χ0v) is 21.7. The molecule has 3 heterocycles. The predicted molar refractivity (Wildman–Crippen MR) is 147 cm³/mol. The van der Waals surface area contributed by atoms with Gasteiger partial charge in [-0.25, -0.2) is 4.98 Å². The Morgan fingerprint density at radius 1 is 1.00 bits per heavy atom. The summed E-state index contributed by atoms with van der Waals surface area (Å²) in [5.41, 5.74) is 2.96. The number of benzene rings is 3. The summed E-state index contributed by atoms with van der Waals surface area (Å²) in [6.07, 6.45) is -0.543. The Bertz CT molecular complexity index is 1500. The average molecular weight is 515 g/mol. The van der Waals surface area contributed by atoms with Gasteiger partial charge < -0.3 is 14.4 Å². The van der Waals surface area contributed by atoms with Gasteiger partial charge in [0, 0.05) is 57.0 Å². The molecule has 37 heavy (non-hydrogen) atoms. The average Bonchev–Trinajstić information content (AvgIpc) is 3.53. The third kappa shape index (κ3) is 5.52. The Labute approximate surface area is 219 Å². The van der Waals surface area contributed by atoms with Gasteiger partial charge in [-0.1, -0.05) is 47.6 Å². The number of piperazine rings is 1. The van der Waals surface area contributed by atoms with Gasteiger partial charge in [0.05, 0.1) is 20.9 Å². The van der Waals surface area contributed by atoms with Crippen molar-refractivity contribution >= 4 is 32.3 Å².